The second kappa shape index (κ2) is 5.36. The highest BCUT2D eigenvalue weighted by Gasteiger charge is 2.07. The lowest BCUT2D eigenvalue weighted by Crippen LogP contribution is -2.23. The summed E-state index contributed by atoms with van der Waals surface area (Å²) in [6.07, 6.45) is -0.338. The second-order valence-corrected chi connectivity index (χ2v) is 2.61. The van der Waals surface area contributed by atoms with E-state index in [4.69, 9.17) is 11.1 Å². The number of hydrogen-bond donors (Lipinski definition) is 2. The maximum Gasteiger partial charge on any atom is 0.108 e. The van der Waals surface area contributed by atoms with Crippen molar-refractivity contribution in [3.63, 3.8) is 0 Å². The van der Waals surface area contributed by atoms with E-state index in [9.17, 15) is 8.76 Å². The predicted octanol–water partition coefficient (Wildman–Crippen LogP) is -0.446. The summed E-state index contributed by atoms with van der Waals surface area (Å²) in [5, 5.41) is 7.21. The number of rotatable bonds is 5. The molecule has 6 heteroatoms. The molecular formula is C5H11N2O3S-. The van der Waals surface area contributed by atoms with Gasteiger partial charge in [-0.1, -0.05) is 0 Å². The van der Waals surface area contributed by atoms with Gasteiger partial charge < -0.3 is 15.7 Å². The molecule has 0 radical (unpaired) electrons. The van der Waals surface area contributed by atoms with E-state index in [1.54, 1.807) is 0 Å². The SMILES string of the molecule is CC(OS(=O)[O-])C(=N)CCN. The molecule has 5 nitrogen and oxygen atoms in total. The van der Waals surface area contributed by atoms with Crippen LogP contribution in [0.5, 0.6) is 0 Å². The van der Waals surface area contributed by atoms with Gasteiger partial charge in [-0.2, -0.15) is 0 Å². The summed E-state index contributed by atoms with van der Waals surface area (Å²) < 4.78 is 24.2. The standard InChI is InChI=1S/C5H12N2O3S/c1-4(10-11(8)9)5(7)2-3-6/h4,7H,2-3,6H2,1H3,(H,8,9)/p-1. The fraction of sp³-hybridized carbons (Fsp3) is 0.800. The first-order valence-corrected chi connectivity index (χ1v) is 4.11. The zero-order chi connectivity index (χ0) is 8.85. The third kappa shape index (κ3) is 5.02. The van der Waals surface area contributed by atoms with Crippen molar-refractivity contribution in [2.45, 2.75) is 19.4 Å². The average molecular weight is 179 g/mol. The molecule has 2 atom stereocenters. The minimum absolute atomic E-state index is 0.191. The summed E-state index contributed by atoms with van der Waals surface area (Å²) in [5.74, 6) is 0. The van der Waals surface area contributed by atoms with Gasteiger partial charge in [-0.25, -0.2) is 4.21 Å². The van der Waals surface area contributed by atoms with Crippen LogP contribution in [0.3, 0.4) is 0 Å². The zero-order valence-electron chi connectivity index (χ0n) is 6.20. The molecule has 0 saturated carbocycles. The normalized spacial score (nSPS) is 15.9. The van der Waals surface area contributed by atoms with Gasteiger partial charge in [0.2, 0.25) is 0 Å². The summed E-state index contributed by atoms with van der Waals surface area (Å²) >= 11 is -2.55. The van der Waals surface area contributed by atoms with Crippen LogP contribution < -0.4 is 5.73 Å². The monoisotopic (exact) mass is 179 g/mol. The Kier molecular flexibility index (Phi) is 5.22. The molecule has 66 valence electrons. The Bertz CT molecular complexity index is 162. The van der Waals surface area contributed by atoms with Crippen molar-refractivity contribution in [2.24, 2.45) is 5.73 Å². The van der Waals surface area contributed by atoms with Crippen LogP contribution in [-0.2, 0) is 15.5 Å². The molecule has 0 amide bonds. The molecule has 0 fully saturated rings. The molecule has 0 heterocycles. The van der Waals surface area contributed by atoms with Crippen LogP contribution in [-0.4, -0.2) is 27.1 Å². The minimum Gasteiger partial charge on any atom is -0.750 e. The van der Waals surface area contributed by atoms with Crippen LogP contribution in [0.1, 0.15) is 13.3 Å². The lowest BCUT2D eigenvalue weighted by molar-refractivity contribution is 0.273. The Morgan fingerprint density at radius 2 is 2.45 bits per heavy atom. The van der Waals surface area contributed by atoms with Gasteiger partial charge >= 0.3 is 0 Å². The van der Waals surface area contributed by atoms with Crippen molar-refractivity contribution in [3.8, 4) is 0 Å². The first-order chi connectivity index (χ1) is 5.07. The predicted molar refractivity (Wildman–Crippen MR) is 40.9 cm³/mol. The maximum atomic E-state index is 9.97. The van der Waals surface area contributed by atoms with Gasteiger partial charge in [0, 0.05) is 5.71 Å². The van der Waals surface area contributed by atoms with Crippen LogP contribution in [0.25, 0.3) is 0 Å². The Balaban J connectivity index is 3.73. The van der Waals surface area contributed by atoms with Gasteiger partial charge in [0.05, 0.1) is 11.4 Å². The third-order valence-electron chi connectivity index (χ3n) is 1.13. The van der Waals surface area contributed by atoms with Crippen LogP contribution in [0, 0.1) is 5.41 Å². The molecule has 0 aromatic heterocycles. The van der Waals surface area contributed by atoms with E-state index < -0.39 is 17.5 Å². The van der Waals surface area contributed by atoms with Crippen molar-refractivity contribution in [3.05, 3.63) is 0 Å². The van der Waals surface area contributed by atoms with Crippen molar-refractivity contribution < 1.29 is 12.9 Å². The van der Waals surface area contributed by atoms with Gasteiger partial charge in [-0.15, -0.1) is 0 Å². The molecule has 11 heavy (non-hydrogen) atoms. The third-order valence-corrected chi connectivity index (χ3v) is 1.57. The van der Waals surface area contributed by atoms with Gasteiger partial charge in [0.1, 0.15) is 6.10 Å². The first kappa shape index (κ1) is 10.7. The van der Waals surface area contributed by atoms with Crippen molar-refractivity contribution in [2.75, 3.05) is 6.54 Å². The smallest absolute Gasteiger partial charge is 0.108 e. The highest BCUT2D eigenvalue weighted by molar-refractivity contribution is 7.74. The average Bonchev–Trinajstić information content (AvgIpc) is 1.86. The summed E-state index contributed by atoms with van der Waals surface area (Å²) in [5.41, 5.74) is 5.34. The Morgan fingerprint density at radius 3 is 2.82 bits per heavy atom. The topological polar surface area (TPSA) is 99.2 Å². The van der Waals surface area contributed by atoms with Gasteiger partial charge in [-0.05, 0) is 19.9 Å². The first-order valence-electron chi connectivity index (χ1n) is 3.11. The molecule has 0 aromatic carbocycles. The lowest BCUT2D eigenvalue weighted by atomic mass is 10.2. The minimum atomic E-state index is -2.55. The molecule has 0 spiro atoms. The van der Waals surface area contributed by atoms with E-state index >= 15 is 0 Å². The molecule has 2 unspecified atom stereocenters. The molecule has 0 aliphatic rings. The summed E-state index contributed by atoms with van der Waals surface area (Å²) in [7, 11) is 0. The summed E-state index contributed by atoms with van der Waals surface area (Å²) in [6.45, 7) is 1.83. The van der Waals surface area contributed by atoms with Gasteiger partial charge in [0.25, 0.3) is 0 Å². The highest BCUT2D eigenvalue weighted by Crippen LogP contribution is 1.97. The van der Waals surface area contributed by atoms with Crippen LogP contribution in [0.4, 0.5) is 0 Å². The Morgan fingerprint density at radius 1 is 1.91 bits per heavy atom. The molecule has 0 bridgehead atoms. The molecular weight excluding hydrogens is 168 g/mol. The molecule has 0 rings (SSSR count). The van der Waals surface area contributed by atoms with Crippen molar-refractivity contribution >= 4 is 17.1 Å². The van der Waals surface area contributed by atoms with E-state index in [1.165, 1.54) is 6.92 Å². The molecule has 3 N–H and O–H groups in total. The molecule has 0 aliphatic heterocycles. The Hall–Kier alpha value is -0.300. The van der Waals surface area contributed by atoms with E-state index in [-0.39, 0.29) is 5.71 Å². The maximum absolute atomic E-state index is 9.97. The van der Waals surface area contributed by atoms with E-state index in [1.807, 2.05) is 0 Å². The lowest BCUT2D eigenvalue weighted by Gasteiger charge is -2.14. The number of nitrogens with two attached hydrogens (primary N) is 1. The van der Waals surface area contributed by atoms with Crippen molar-refractivity contribution in [1.29, 1.82) is 5.41 Å². The summed E-state index contributed by atoms with van der Waals surface area (Å²) in [4.78, 5) is 0. The number of hydrogen-bond acceptors (Lipinski definition) is 5. The van der Waals surface area contributed by atoms with E-state index in [0.29, 0.717) is 13.0 Å². The second-order valence-electron chi connectivity index (χ2n) is 2.01. The fourth-order valence-corrected chi connectivity index (χ4v) is 0.887. The van der Waals surface area contributed by atoms with Crippen LogP contribution >= 0.6 is 0 Å². The summed E-state index contributed by atoms with van der Waals surface area (Å²) in [6, 6.07) is 0. The van der Waals surface area contributed by atoms with Crippen LogP contribution in [0.15, 0.2) is 0 Å². The molecule has 0 aliphatic carbocycles. The van der Waals surface area contributed by atoms with Crippen LogP contribution in [0.2, 0.25) is 0 Å². The van der Waals surface area contributed by atoms with E-state index in [2.05, 4.69) is 4.18 Å². The van der Waals surface area contributed by atoms with E-state index in [0.717, 1.165) is 0 Å². The highest BCUT2D eigenvalue weighted by atomic mass is 32.2. The van der Waals surface area contributed by atoms with Gasteiger partial charge in [0.15, 0.2) is 0 Å². The van der Waals surface area contributed by atoms with Gasteiger partial charge in [-0.3, -0.25) is 4.18 Å². The molecule has 0 aromatic rings. The number of nitrogens with one attached hydrogen (secondary N) is 1. The largest absolute Gasteiger partial charge is 0.750 e. The van der Waals surface area contributed by atoms with Crippen molar-refractivity contribution in [1.82, 2.24) is 0 Å². The molecule has 0 saturated heterocycles. The zero-order valence-corrected chi connectivity index (χ0v) is 7.02. The quantitative estimate of drug-likeness (QED) is 0.441. The fourth-order valence-electron chi connectivity index (χ4n) is 0.535. The Labute approximate surface area is 67.9 Å².